The number of carbonyl (C=O) groups is 1. The zero-order valence-electron chi connectivity index (χ0n) is 14.1. The Labute approximate surface area is 140 Å². The summed E-state index contributed by atoms with van der Waals surface area (Å²) < 4.78 is 0. The quantitative estimate of drug-likeness (QED) is 0.372. The van der Waals surface area contributed by atoms with Crippen LogP contribution in [-0.4, -0.2) is 16.4 Å². The van der Waals surface area contributed by atoms with Gasteiger partial charge in [-0.2, -0.15) is 0 Å². The van der Waals surface area contributed by atoms with E-state index in [4.69, 9.17) is 5.11 Å². The first-order valence-corrected chi connectivity index (χ1v) is 10.00. The van der Waals surface area contributed by atoms with E-state index in [9.17, 15) is 4.79 Å². The van der Waals surface area contributed by atoms with E-state index in [1.807, 2.05) is 0 Å². The fraction of sp³-hybridized carbons (Fsp3) is 0.944. The van der Waals surface area contributed by atoms with Gasteiger partial charge in [0.25, 0.3) is 0 Å². The van der Waals surface area contributed by atoms with Gasteiger partial charge in [0, 0.05) is 11.8 Å². The van der Waals surface area contributed by atoms with Crippen molar-refractivity contribution in [2.75, 3.05) is 5.33 Å². The lowest BCUT2D eigenvalue weighted by atomic mass is 9.71. The van der Waals surface area contributed by atoms with Gasteiger partial charge in [-0.3, -0.25) is 4.79 Å². The van der Waals surface area contributed by atoms with Crippen molar-refractivity contribution in [1.29, 1.82) is 0 Å². The summed E-state index contributed by atoms with van der Waals surface area (Å²) in [5.74, 6) is -0.675. The number of unbranched alkanes of at least 4 members (excludes halogenated alkanes) is 4. The van der Waals surface area contributed by atoms with Crippen LogP contribution in [0.25, 0.3) is 0 Å². The predicted octanol–water partition coefficient (Wildman–Crippen LogP) is 6.56. The molecule has 2 nitrogen and oxygen atoms in total. The Morgan fingerprint density at radius 2 is 1.48 bits per heavy atom. The van der Waals surface area contributed by atoms with Crippen molar-refractivity contribution in [3.05, 3.63) is 0 Å². The van der Waals surface area contributed by atoms with Crippen LogP contribution in [0.2, 0.25) is 0 Å². The Kier molecular flexibility index (Phi) is 13.6. The van der Waals surface area contributed by atoms with Gasteiger partial charge >= 0.3 is 5.97 Å². The van der Waals surface area contributed by atoms with Crippen LogP contribution in [0, 0.1) is 5.41 Å². The molecule has 126 valence electrons. The summed E-state index contributed by atoms with van der Waals surface area (Å²) in [6, 6.07) is 0. The molecule has 0 aromatic heterocycles. The Morgan fingerprint density at radius 3 is 1.90 bits per heavy atom. The molecule has 0 radical (unpaired) electrons. The SMILES string of the molecule is CCC1(CC)CCCCC1.O=C(O)CCCCCCCBr. The largest absolute Gasteiger partial charge is 0.481 e. The van der Waals surface area contributed by atoms with Crippen LogP contribution in [0.15, 0.2) is 0 Å². The van der Waals surface area contributed by atoms with E-state index in [0.29, 0.717) is 6.42 Å². The van der Waals surface area contributed by atoms with Crippen LogP contribution in [0.3, 0.4) is 0 Å². The molecule has 1 aliphatic rings. The first-order chi connectivity index (χ1) is 10.1. The second-order valence-corrected chi connectivity index (χ2v) is 7.16. The van der Waals surface area contributed by atoms with Crippen molar-refractivity contribution in [3.63, 3.8) is 0 Å². The first kappa shape index (κ1) is 20.9. The minimum absolute atomic E-state index is 0.328. The molecule has 0 unspecified atom stereocenters. The summed E-state index contributed by atoms with van der Waals surface area (Å²) in [4.78, 5) is 10.1. The number of aliphatic carboxylic acids is 1. The van der Waals surface area contributed by atoms with Gasteiger partial charge in [-0.15, -0.1) is 0 Å². The molecule has 1 fully saturated rings. The number of carboxylic acids is 1. The average Bonchev–Trinajstić information content (AvgIpc) is 2.52. The Hall–Kier alpha value is -0.0500. The Bertz CT molecular complexity index is 242. The lowest BCUT2D eigenvalue weighted by Gasteiger charge is -2.35. The molecule has 0 saturated heterocycles. The molecule has 1 saturated carbocycles. The molecular formula is C18H35BrO2. The van der Waals surface area contributed by atoms with Crippen molar-refractivity contribution < 1.29 is 9.90 Å². The van der Waals surface area contributed by atoms with Gasteiger partial charge in [0.15, 0.2) is 0 Å². The molecule has 1 rings (SSSR count). The molecule has 1 N–H and O–H groups in total. The van der Waals surface area contributed by atoms with Gasteiger partial charge in [-0.05, 0) is 31.1 Å². The monoisotopic (exact) mass is 362 g/mol. The first-order valence-electron chi connectivity index (χ1n) is 8.88. The van der Waals surface area contributed by atoms with E-state index in [2.05, 4.69) is 29.8 Å². The standard InChI is InChI=1S/C10H20.C8H15BrO2/c1-3-10(4-2)8-6-5-7-9-10;9-7-5-3-1-2-4-6-8(10)11/h3-9H2,1-2H3;1-7H2,(H,10,11). The maximum absolute atomic E-state index is 10.1. The van der Waals surface area contributed by atoms with Gasteiger partial charge in [0.1, 0.15) is 0 Å². The normalized spacial score (nSPS) is 16.9. The number of carboxylic acid groups (broad SMARTS) is 1. The number of rotatable bonds is 9. The fourth-order valence-electron chi connectivity index (χ4n) is 3.16. The van der Waals surface area contributed by atoms with E-state index in [-0.39, 0.29) is 0 Å². The van der Waals surface area contributed by atoms with Crippen molar-refractivity contribution in [2.24, 2.45) is 5.41 Å². The molecule has 0 aromatic carbocycles. The summed E-state index contributed by atoms with van der Waals surface area (Å²) in [7, 11) is 0. The van der Waals surface area contributed by atoms with Gasteiger partial charge in [0.2, 0.25) is 0 Å². The van der Waals surface area contributed by atoms with Crippen molar-refractivity contribution in [3.8, 4) is 0 Å². The van der Waals surface area contributed by atoms with Crippen molar-refractivity contribution >= 4 is 21.9 Å². The molecule has 0 amide bonds. The highest BCUT2D eigenvalue weighted by Crippen LogP contribution is 2.41. The highest BCUT2D eigenvalue weighted by molar-refractivity contribution is 9.09. The summed E-state index contributed by atoms with van der Waals surface area (Å²) >= 11 is 3.35. The second kappa shape index (κ2) is 13.6. The third-order valence-corrected chi connectivity index (χ3v) is 5.50. The third-order valence-electron chi connectivity index (χ3n) is 4.94. The van der Waals surface area contributed by atoms with Gasteiger partial charge < -0.3 is 5.11 Å². The molecule has 0 aliphatic heterocycles. The van der Waals surface area contributed by atoms with Crippen LogP contribution in [0.5, 0.6) is 0 Å². The van der Waals surface area contributed by atoms with E-state index in [0.717, 1.165) is 23.6 Å². The maximum atomic E-state index is 10.1. The highest BCUT2D eigenvalue weighted by atomic mass is 79.9. The van der Waals surface area contributed by atoms with Gasteiger partial charge in [0.05, 0.1) is 0 Å². The number of hydrogen-bond donors (Lipinski definition) is 1. The molecule has 0 bridgehead atoms. The van der Waals surface area contributed by atoms with Crippen LogP contribution < -0.4 is 0 Å². The fourth-order valence-corrected chi connectivity index (χ4v) is 3.56. The number of hydrogen-bond acceptors (Lipinski definition) is 1. The van der Waals surface area contributed by atoms with E-state index in [1.165, 1.54) is 64.2 Å². The van der Waals surface area contributed by atoms with Gasteiger partial charge in [-0.1, -0.05) is 81.1 Å². The van der Waals surface area contributed by atoms with Crippen molar-refractivity contribution in [2.45, 2.75) is 97.3 Å². The van der Waals surface area contributed by atoms with Crippen molar-refractivity contribution in [1.82, 2.24) is 0 Å². The molecule has 1 aliphatic carbocycles. The summed E-state index contributed by atoms with van der Waals surface area (Å²) in [6.07, 6.45) is 16.1. The summed E-state index contributed by atoms with van der Waals surface area (Å²) in [6.45, 7) is 4.71. The highest BCUT2D eigenvalue weighted by Gasteiger charge is 2.27. The lowest BCUT2D eigenvalue weighted by molar-refractivity contribution is -0.137. The third kappa shape index (κ3) is 11.2. The minimum atomic E-state index is -0.675. The van der Waals surface area contributed by atoms with E-state index >= 15 is 0 Å². The van der Waals surface area contributed by atoms with E-state index < -0.39 is 5.97 Å². The molecule has 0 spiro atoms. The van der Waals surface area contributed by atoms with E-state index in [1.54, 1.807) is 0 Å². The minimum Gasteiger partial charge on any atom is -0.481 e. The molecule has 0 atom stereocenters. The Balaban J connectivity index is 0.000000382. The topological polar surface area (TPSA) is 37.3 Å². The van der Waals surface area contributed by atoms with Crippen LogP contribution in [0.4, 0.5) is 0 Å². The average molecular weight is 363 g/mol. The van der Waals surface area contributed by atoms with Gasteiger partial charge in [-0.25, -0.2) is 0 Å². The lowest BCUT2D eigenvalue weighted by Crippen LogP contribution is -2.21. The molecule has 3 heteroatoms. The summed E-state index contributed by atoms with van der Waals surface area (Å²) in [5, 5.41) is 9.37. The van der Waals surface area contributed by atoms with Crippen LogP contribution >= 0.6 is 15.9 Å². The number of halogens is 1. The molecular weight excluding hydrogens is 328 g/mol. The second-order valence-electron chi connectivity index (χ2n) is 6.37. The molecule has 0 aromatic rings. The molecule has 21 heavy (non-hydrogen) atoms. The zero-order chi connectivity index (χ0) is 16.0. The summed E-state index contributed by atoms with van der Waals surface area (Å²) in [5.41, 5.74) is 0.762. The molecule has 0 heterocycles. The Morgan fingerprint density at radius 1 is 0.952 bits per heavy atom. The van der Waals surface area contributed by atoms with Crippen LogP contribution in [0.1, 0.15) is 97.3 Å². The number of alkyl halides is 1. The zero-order valence-corrected chi connectivity index (χ0v) is 15.7. The smallest absolute Gasteiger partial charge is 0.303 e. The predicted molar refractivity (Wildman–Crippen MR) is 95.2 cm³/mol. The maximum Gasteiger partial charge on any atom is 0.303 e. The van der Waals surface area contributed by atoms with Crippen LogP contribution in [-0.2, 0) is 4.79 Å².